The lowest BCUT2D eigenvalue weighted by molar-refractivity contribution is 0.585. The van der Waals surface area contributed by atoms with Crippen LogP contribution in [0.15, 0.2) is 32.4 Å². The Bertz CT molecular complexity index is 658. The van der Waals surface area contributed by atoms with Gasteiger partial charge in [-0.3, -0.25) is 0 Å². The highest BCUT2D eigenvalue weighted by Crippen LogP contribution is 2.28. The van der Waals surface area contributed by atoms with Crippen molar-refractivity contribution in [3.63, 3.8) is 0 Å². The first-order chi connectivity index (χ1) is 6.82. The quantitative estimate of drug-likeness (QED) is 0.717. The number of primary sulfonamides is 1. The summed E-state index contributed by atoms with van der Waals surface area (Å²) in [6.45, 7) is 0. The van der Waals surface area contributed by atoms with Crippen molar-refractivity contribution in [3.05, 3.63) is 23.8 Å². The van der Waals surface area contributed by atoms with Gasteiger partial charge >= 0.3 is 0 Å². The predicted octanol–water partition coefficient (Wildman–Crippen LogP) is -0.545. The highest BCUT2D eigenvalue weighted by molar-refractivity contribution is 7.93. The molecule has 0 saturated carbocycles. The van der Waals surface area contributed by atoms with E-state index in [1.165, 1.54) is 12.1 Å². The van der Waals surface area contributed by atoms with E-state index in [4.69, 9.17) is 5.14 Å². The maximum Gasteiger partial charge on any atom is 0.284 e. The van der Waals surface area contributed by atoms with E-state index in [9.17, 15) is 16.8 Å². The van der Waals surface area contributed by atoms with Crippen LogP contribution in [0.1, 0.15) is 5.56 Å². The Labute approximate surface area is 86.5 Å². The van der Waals surface area contributed by atoms with E-state index in [0.29, 0.717) is 0 Å². The predicted molar refractivity (Wildman–Crippen MR) is 52.6 cm³/mol. The molecule has 0 saturated heterocycles. The second-order valence-corrected chi connectivity index (χ2v) is 6.03. The van der Waals surface area contributed by atoms with Gasteiger partial charge in [-0.1, -0.05) is 12.1 Å². The molecule has 0 fully saturated rings. The summed E-state index contributed by atoms with van der Waals surface area (Å²) in [6.07, 6.45) is 1.10. The molecule has 6 nitrogen and oxygen atoms in total. The van der Waals surface area contributed by atoms with Crippen molar-refractivity contribution < 1.29 is 16.8 Å². The number of hydrogen-bond donors (Lipinski definition) is 1. The molecular formula is C7H6N2O4S2. The normalized spacial score (nSPS) is 17.7. The number of benzene rings is 1. The van der Waals surface area contributed by atoms with Gasteiger partial charge in [0.25, 0.3) is 10.0 Å². The molecule has 2 rings (SSSR count). The molecule has 0 aliphatic carbocycles. The van der Waals surface area contributed by atoms with Crippen LogP contribution in [0.3, 0.4) is 0 Å². The number of fused-ring (bicyclic) bond motifs is 1. The fraction of sp³-hybridized carbons (Fsp3) is 0. The summed E-state index contributed by atoms with van der Waals surface area (Å²) in [5.74, 6) is 0. The third-order valence-corrected chi connectivity index (χ3v) is 4.34. The summed E-state index contributed by atoms with van der Waals surface area (Å²) in [4.78, 5) is -0.759. The highest BCUT2D eigenvalue weighted by Gasteiger charge is 2.29. The topological polar surface area (TPSA) is 107 Å². The van der Waals surface area contributed by atoms with E-state index in [0.717, 1.165) is 12.3 Å². The van der Waals surface area contributed by atoms with Gasteiger partial charge in [0.05, 0.1) is 0 Å². The van der Waals surface area contributed by atoms with Gasteiger partial charge in [0.2, 0.25) is 10.0 Å². The van der Waals surface area contributed by atoms with Crippen LogP contribution in [-0.4, -0.2) is 23.1 Å². The molecule has 0 spiro atoms. The van der Waals surface area contributed by atoms with Crippen molar-refractivity contribution >= 4 is 26.3 Å². The summed E-state index contributed by atoms with van der Waals surface area (Å²) in [5, 5.41) is 4.90. The Morgan fingerprint density at radius 3 is 2.53 bits per heavy atom. The van der Waals surface area contributed by atoms with E-state index in [2.05, 4.69) is 4.40 Å². The minimum Gasteiger partial charge on any atom is -0.225 e. The molecule has 1 heterocycles. The van der Waals surface area contributed by atoms with Crippen LogP contribution in [0.5, 0.6) is 0 Å². The Hall–Kier alpha value is -1.25. The van der Waals surface area contributed by atoms with Gasteiger partial charge in [-0.2, -0.15) is 12.8 Å². The molecule has 80 valence electrons. The van der Waals surface area contributed by atoms with Gasteiger partial charge in [0.1, 0.15) is 9.79 Å². The lowest BCUT2D eigenvalue weighted by atomic mass is 10.2. The van der Waals surface area contributed by atoms with Crippen LogP contribution in [-0.2, 0) is 20.0 Å². The first kappa shape index (κ1) is 10.3. The van der Waals surface area contributed by atoms with Gasteiger partial charge in [-0.15, -0.1) is 0 Å². The largest absolute Gasteiger partial charge is 0.284 e. The fourth-order valence-electron chi connectivity index (χ4n) is 1.31. The van der Waals surface area contributed by atoms with E-state index in [-0.39, 0.29) is 10.5 Å². The molecule has 1 aliphatic heterocycles. The Morgan fingerprint density at radius 2 is 1.93 bits per heavy atom. The van der Waals surface area contributed by atoms with E-state index in [1.54, 1.807) is 0 Å². The second kappa shape index (κ2) is 2.87. The molecule has 0 amide bonds. The molecule has 1 aromatic carbocycles. The van der Waals surface area contributed by atoms with Crippen LogP contribution in [0.25, 0.3) is 0 Å². The van der Waals surface area contributed by atoms with Crippen molar-refractivity contribution in [3.8, 4) is 0 Å². The molecule has 0 radical (unpaired) electrons. The maximum atomic E-state index is 11.4. The summed E-state index contributed by atoms with van der Waals surface area (Å²) < 4.78 is 48.3. The first-order valence-electron chi connectivity index (χ1n) is 3.78. The number of hydrogen-bond acceptors (Lipinski definition) is 4. The van der Waals surface area contributed by atoms with E-state index >= 15 is 0 Å². The zero-order chi connectivity index (χ0) is 11.3. The monoisotopic (exact) mass is 246 g/mol. The van der Waals surface area contributed by atoms with Crippen LogP contribution in [0.4, 0.5) is 0 Å². The summed E-state index contributed by atoms with van der Waals surface area (Å²) >= 11 is 0. The van der Waals surface area contributed by atoms with Crippen LogP contribution >= 0.6 is 0 Å². The van der Waals surface area contributed by atoms with Gasteiger partial charge < -0.3 is 0 Å². The van der Waals surface area contributed by atoms with Gasteiger partial charge in [-0.25, -0.2) is 13.6 Å². The van der Waals surface area contributed by atoms with Crippen LogP contribution in [0.2, 0.25) is 0 Å². The van der Waals surface area contributed by atoms with Crippen molar-refractivity contribution in [1.29, 1.82) is 0 Å². The molecule has 8 heteroatoms. The molecule has 2 N–H and O–H groups in total. The van der Waals surface area contributed by atoms with Crippen molar-refractivity contribution in [1.82, 2.24) is 0 Å². The molecule has 15 heavy (non-hydrogen) atoms. The fourth-order valence-corrected chi connectivity index (χ4v) is 3.72. The molecule has 0 unspecified atom stereocenters. The first-order valence-corrected chi connectivity index (χ1v) is 6.77. The minimum atomic E-state index is -4.06. The second-order valence-electron chi connectivity index (χ2n) is 2.93. The Morgan fingerprint density at radius 1 is 1.27 bits per heavy atom. The minimum absolute atomic E-state index is 0.238. The van der Waals surface area contributed by atoms with Crippen molar-refractivity contribution in [2.75, 3.05) is 0 Å². The SMILES string of the molecule is NS(=O)(=O)c1cccc2c1S(=O)(=O)N=C2. The standard InChI is InChI=1S/C7H6N2O4S2/c8-14(10,11)6-3-1-2-5-4-9-15(12,13)7(5)6/h1-4H,(H2,8,10,11). The smallest absolute Gasteiger partial charge is 0.225 e. The van der Waals surface area contributed by atoms with E-state index in [1.807, 2.05) is 0 Å². The van der Waals surface area contributed by atoms with Crippen molar-refractivity contribution in [2.45, 2.75) is 9.79 Å². The zero-order valence-corrected chi connectivity index (χ0v) is 8.92. The average Bonchev–Trinajstić information content (AvgIpc) is 2.41. The van der Waals surface area contributed by atoms with Gasteiger partial charge in [-0.05, 0) is 6.07 Å². The Kier molecular flexibility index (Phi) is 1.97. The zero-order valence-electron chi connectivity index (χ0n) is 7.28. The lowest BCUT2D eigenvalue weighted by Crippen LogP contribution is -2.15. The number of nitrogens with two attached hydrogens (primary N) is 1. The Balaban J connectivity index is 2.92. The lowest BCUT2D eigenvalue weighted by Gasteiger charge is -2.03. The van der Waals surface area contributed by atoms with Crippen molar-refractivity contribution in [2.24, 2.45) is 9.54 Å². The number of rotatable bonds is 1. The number of nitrogens with zero attached hydrogens (tertiary/aromatic N) is 1. The molecular weight excluding hydrogens is 240 g/mol. The highest BCUT2D eigenvalue weighted by atomic mass is 32.2. The molecule has 1 aliphatic rings. The third kappa shape index (κ3) is 1.56. The average molecular weight is 246 g/mol. The van der Waals surface area contributed by atoms with Crippen LogP contribution in [0, 0.1) is 0 Å². The maximum absolute atomic E-state index is 11.4. The summed E-state index contributed by atoms with van der Waals surface area (Å²) in [6, 6.07) is 4.00. The van der Waals surface area contributed by atoms with Gasteiger partial charge in [0.15, 0.2) is 0 Å². The summed E-state index contributed by atoms with van der Waals surface area (Å²) in [7, 11) is -7.97. The summed E-state index contributed by atoms with van der Waals surface area (Å²) in [5.41, 5.74) is 0.238. The molecule has 0 aromatic heterocycles. The van der Waals surface area contributed by atoms with E-state index < -0.39 is 24.9 Å². The third-order valence-electron chi connectivity index (χ3n) is 1.90. The van der Waals surface area contributed by atoms with Crippen LogP contribution < -0.4 is 5.14 Å². The van der Waals surface area contributed by atoms with Gasteiger partial charge in [0, 0.05) is 11.8 Å². The molecule has 0 bridgehead atoms. The molecule has 1 aromatic rings. The molecule has 0 atom stereocenters. The number of sulfonamides is 2.